The van der Waals surface area contributed by atoms with Gasteiger partial charge in [0.1, 0.15) is 0 Å². The van der Waals surface area contributed by atoms with Crippen LogP contribution in [0.3, 0.4) is 0 Å². The van der Waals surface area contributed by atoms with Gasteiger partial charge in [-0.3, -0.25) is 4.57 Å². The average Bonchev–Trinajstić information content (AvgIpc) is 2.96. The van der Waals surface area contributed by atoms with Crippen molar-refractivity contribution < 1.29 is 8.83 Å². The zero-order valence-corrected chi connectivity index (χ0v) is 12.6. The molecule has 1 atom stereocenters. The summed E-state index contributed by atoms with van der Waals surface area (Å²) < 4.78 is 12.7. The van der Waals surface area contributed by atoms with E-state index in [0.717, 1.165) is 16.6 Å². The lowest BCUT2D eigenvalue weighted by Crippen LogP contribution is -2.17. The van der Waals surface area contributed by atoms with Gasteiger partial charge in [0.25, 0.3) is 0 Å². The van der Waals surface area contributed by atoms with Gasteiger partial charge in [0.2, 0.25) is 0 Å². The van der Waals surface area contributed by atoms with Crippen LogP contribution in [-0.2, 0) is 7.05 Å². The van der Waals surface area contributed by atoms with Crippen molar-refractivity contribution in [3.8, 4) is 0 Å². The van der Waals surface area contributed by atoms with Crippen molar-refractivity contribution in [3.05, 3.63) is 56.9 Å². The Hall–Kier alpha value is -1.79. The molecule has 5 nitrogen and oxygen atoms in total. The predicted molar refractivity (Wildman–Crippen MR) is 78.8 cm³/mol. The molecule has 6 heteroatoms. The highest BCUT2D eigenvalue weighted by Gasteiger charge is 2.18. The summed E-state index contributed by atoms with van der Waals surface area (Å²) >= 11 is 3.39. The van der Waals surface area contributed by atoms with E-state index in [1.54, 1.807) is 13.3 Å². The Kier molecular flexibility index (Phi) is 3.27. The second kappa shape index (κ2) is 4.96. The van der Waals surface area contributed by atoms with Gasteiger partial charge in [-0.25, -0.2) is 4.79 Å². The van der Waals surface area contributed by atoms with Crippen LogP contribution in [-0.4, -0.2) is 11.6 Å². The summed E-state index contributed by atoms with van der Waals surface area (Å²) in [4.78, 5) is 11.5. The number of halogens is 1. The van der Waals surface area contributed by atoms with Crippen LogP contribution in [0.25, 0.3) is 11.1 Å². The zero-order chi connectivity index (χ0) is 14.3. The van der Waals surface area contributed by atoms with Crippen LogP contribution in [0.4, 0.5) is 0 Å². The fourth-order valence-electron chi connectivity index (χ4n) is 2.34. The predicted octanol–water partition coefficient (Wildman–Crippen LogP) is 2.80. The number of aryl methyl sites for hydroxylation is 1. The minimum Gasteiger partial charge on any atom is -0.457 e. The van der Waals surface area contributed by atoms with Gasteiger partial charge in [-0.15, -0.1) is 0 Å². The van der Waals surface area contributed by atoms with E-state index in [0.29, 0.717) is 10.3 Å². The van der Waals surface area contributed by atoms with Gasteiger partial charge in [0.05, 0.1) is 17.8 Å². The molecule has 1 aromatic carbocycles. The van der Waals surface area contributed by atoms with Gasteiger partial charge in [-0.05, 0) is 46.7 Å². The highest BCUT2D eigenvalue weighted by molar-refractivity contribution is 9.10. The van der Waals surface area contributed by atoms with Crippen LogP contribution < -0.4 is 11.1 Å². The van der Waals surface area contributed by atoms with Crippen molar-refractivity contribution in [1.82, 2.24) is 9.88 Å². The molecule has 3 rings (SSSR count). The van der Waals surface area contributed by atoms with Crippen molar-refractivity contribution in [3.63, 3.8) is 0 Å². The van der Waals surface area contributed by atoms with Crippen molar-refractivity contribution in [1.29, 1.82) is 0 Å². The fraction of sp³-hybridized carbons (Fsp3) is 0.214. The number of fused-ring (bicyclic) bond motifs is 1. The number of oxazole rings is 1. The van der Waals surface area contributed by atoms with Gasteiger partial charge in [-0.1, -0.05) is 6.07 Å². The summed E-state index contributed by atoms with van der Waals surface area (Å²) in [7, 11) is 3.56. The minimum atomic E-state index is -0.359. The maximum absolute atomic E-state index is 11.5. The molecule has 1 unspecified atom stereocenters. The standard InChI is InChI=1S/C14H13BrN2O3/c1-16-12(9-5-6-19-13(9)15)8-3-4-10-11(7-8)20-14(18)17(10)2/h3-7,12,16H,1-2H3. The van der Waals surface area contributed by atoms with Crippen LogP contribution in [0.15, 0.2) is 48.8 Å². The third-order valence-electron chi connectivity index (χ3n) is 3.40. The lowest BCUT2D eigenvalue weighted by atomic mass is 10.0. The van der Waals surface area contributed by atoms with E-state index in [1.165, 1.54) is 4.57 Å². The summed E-state index contributed by atoms with van der Waals surface area (Å²) in [6, 6.07) is 7.58. The quantitative estimate of drug-likeness (QED) is 0.798. The Bertz CT molecular complexity index is 815. The normalized spacial score (nSPS) is 12.9. The molecule has 2 heterocycles. The number of aromatic nitrogens is 1. The molecular formula is C14H13BrN2O3. The maximum atomic E-state index is 11.5. The SMILES string of the molecule is CNC(c1ccc2c(c1)oc(=O)n2C)c1ccoc1Br. The molecule has 20 heavy (non-hydrogen) atoms. The highest BCUT2D eigenvalue weighted by atomic mass is 79.9. The number of nitrogens with one attached hydrogen (secondary N) is 1. The highest BCUT2D eigenvalue weighted by Crippen LogP contribution is 2.30. The number of benzene rings is 1. The Morgan fingerprint density at radius 3 is 2.80 bits per heavy atom. The van der Waals surface area contributed by atoms with Crippen molar-refractivity contribution >= 4 is 27.0 Å². The van der Waals surface area contributed by atoms with E-state index >= 15 is 0 Å². The molecule has 2 aromatic heterocycles. The van der Waals surface area contributed by atoms with Gasteiger partial charge in [0, 0.05) is 12.6 Å². The molecule has 0 saturated carbocycles. The van der Waals surface area contributed by atoms with Crippen molar-refractivity contribution in [2.24, 2.45) is 7.05 Å². The first-order valence-electron chi connectivity index (χ1n) is 6.11. The largest absolute Gasteiger partial charge is 0.457 e. The summed E-state index contributed by atoms with van der Waals surface area (Å²) in [5, 5.41) is 3.23. The van der Waals surface area contributed by atoms with Crippen LogP contribution in [0.5, 0.6) is 0 Å². The third kappa shape index (κ3) is 2.01. The molecule has 0 bridgehead atoms. The molecule has 1 N–H and O–H groups in total. The Balaban J connectivity index is 2.13. The number of furan rings is 1. The first-order chi connectivity index (χ1) is 9.61. The molecule has 0 fully saturated rings. The summed E-state index contributed by atoms with van der Waals surface area (Å²) in [6.07, 6.45) is 1.63. The van der Waals surface area contributed by atoms with E-state index in [2.05, 4.69) is 21.2 Å². The monoisotopic (exact) mass is 336 g/mol. The molecule has 0 radical (unpaired) electrons. The first-order valence-corrected chi connectivity index (χ1v) is 6.90. The number of hydrogen-bond acceptors (Lipinski definition) is 4. The third-order valence-corrected chi connectivity index (χ3v) is 4.04. The Morgan fingerprint density at radius 2 is 2.15 bits per heavy atom. The summed E-state index contributed by atoms with van der Waals surface area (Å²) in [6.45, 7) is 0. The van der Waals surface area contributed by atoms with Gasteiger partial charge in [-0.2, -0.15) is 0 Å². The van der Waals surface area contributed by atoms with E-state index in [-0.39, 0.29) is 11.8 Å². The molecule has 3 aromatic rings. The van der Waals surface area contributed by atoms with Crippen LogP contribution >= 0.6 is 15.9 Å². The second-order valence-corrected chi connectivity index (χ2v) is 5.25. The van der Waals surface area contributed by atoms with Crippen LogP contribution in [0, 0.1) is 0 Å². The van der Waals surface area contributed by atoms with Gasteiger partial charge >= 0.3 is 5.76 Å². The molecule has 0 spiro atoms. The number of nitrogens with zero attached hydrogens (tertiary/aromatic N) is 1. The smallest absolute Gasteiger partial charge is 0.419 e. The second-order valence-electron chi connectivity index (χ2n) is 4.53. The van der Waals surface area contributed by atoms with Crippen LogP contribution in [0.1, 0.15) is 17.2 Å². The summed E-state index contributed by atoms with van der Waals surface area (Å²) in [5.41, 5.74) is 3.34. The van der Waals surface area contributed by atoms with Crippen molar-refractivity contribution in [2.75, 3.05) is 7.05 Å². The van der Waals surface area contributed by atoms with Crippen LogP contribution in [0.2, 0.25) is 0 Å². The molecule has 0 amide bonds. The summed E-state index contributed by atoms with van der Waals surface area (Å²) in [5.74, 6) is -0.359. The number of rotatable bonds is 3. The van der Waals surface area contributed by atoms with E-state index in [1.807, 2.05) is 31.3 Å². The van der Waals surface area contributed by atoms with E-state index < -0.39 is 0 Å². The lowest BCUT2D eigenvalue weighted by molar-refractivity contribution is 0.525. The molecule has 104 valence electrons. The molecule has 0 aliphatic rings. The zero-order valence-electron chi connectivity index (χ0n) is 11.0. The lowest BCUT2D eigenvalue weighted by Gasteiger charge is -2.15. The first kappa shape index (κ1) is 13.2. The average molecular weight is 337 g/mol. The van der Waals surface area contributed by atoms with E-state index in [4.69, 9.17) is 8.83 Å². The fourth-order valence-corrected chi connectivity index (χ4v) is 2.81. The Morgan fingerprint density at radius 1 is 1.35 bits per heavy atom. The molecule has 0 aliphatic heterocycles. The minimum absolute atomic E-state index is 0.0435. The van der Waals surface area contributed by atoms with Gasteiger partial charge in [0.15, 0.2) is 10.3 Å². The molecule has 0 saturated heterocycles. The molecule has 0 aliphatic carbocycles. The number of hydrogen-bond donors (Lipinski definition) is 1. The van der Waals surface area contributed by atoms with Crippen molar-refractivity contribution in [2.45, 2.75) is 6.04 Å². The topological polar surface area (TPSA) is 60.3 Å². The maximum Gasteiger partial charge on any atom is 0.419 e. The Labute approximate surface area is 123 Å². The van der Waals surface area contributed by atoms with Gasteiger partial charge < -0.3 is 14.2 Å². The van der Waals surface area contributed by atoms with E-state index in [9.17, 15) is 4.79 Å². The molecular weight excluding hydrogens is 324 g/mol.